The molecule has 0 fully saturated rings. The van der Waals surface area contributed by atoms with Gasteiger partial charge in [-0.3, -0.25) is 0 Å². The Morgan fingerprint density at radius 1 is 1.55 bits per heavy atom. The van der Waals surface area contributed by atoms with Crippen LogP contribution in [-0.4, -0.2) is 7.11 Å². The van der Waals surface area contributed by atoms with E-state index in [1.54, 1.807) is 0 Å². The van der Waals surface area contributed by atoms with E-state index in [9.17, 15) is 4.39 Å². The summed E-state index contributed by atoms with van der Waals surface area (Å²) in [5.41, 5.74) is 6.04. The van der Waals surface area contributed by atoms with Gasteiger partial charge in [0.25, 0.3) is 0 Å². The van der Waals surface area contributed by atoms with Crippen molar-refractivity contribution in [2.45, 2.75) is 0 Å². The van der Waals surface area contributed by atoms with Crippen LogP contribution in [0.1, 0.15) is 0 Å². The van der Waals surface area contributed by atoms with Crippen LogP contribution in [0.4, 0.5) is 10.1 Å². The predicted octanol–water partition coefficient (Wildman–Crippen LogP) is 2.02. The Kier molecular flexibility index (Phi) is 2.53. The zero-order valence-electron chi connectivity index (χ0n) is 5.90. The average Bonchev–Trinajstić information content (AvgIpc) is 1.96. The number of anilines is 1. The van der Waals surface area contributed by atoms with Crippen LogP contribution in [0.25, 0.3) is 0 Å². The topological polar surface area (TPSA) is 35.2 Å². The molecule has 0 radical (unpaired) electrons. The van der Waals surface area contributed by atoms with E-state index in [0.29, 0.717) is 15.0 Å². The van der Waals surface area contributed by atoms with Crippen molar-refractivity contribution < 1.29 is 9.13 Å². The smallest absolute Gasteiger partial charge is 0.145 e. The van der Waals surface area contributed by atoms with Gasteiger partial charge in [0.1, 0.15) is 11.6 Å². The van der Waals surface area contributed by atoms with Crippen molar-refractivity contribution in [1.82, 2.24) is 0 Å². The minimum atomic E-state index is -0.333. The molecule has 0 spiro atoms. The summed E-state index contributed by atoms with van der Waals surface area (Å²) in [6.45, 7) is 0. The summed E-state index contributed by atoms with van der Waals surface area (Å²) in [6, 6.07) is 2.62. The van der Waals surface area contributed by atoms with Gasteiger partial charge in [-0.2, -0.15) is 0 Å². The van der Waals surface area contributed by atoms with Gasteiger partial charge in [0.15, 0.2) is 0 Å². The van der Waals surface area contributed by atoms with Gasteiger partial charge in [-0.1, -0.05) is 0 Å². The Morgan fingerprint density at radius 2 is 2.18 bits per heavy atom. The molecule has 4 heteroatoms. The van der Waals surface area contributed by atoms with Gasteiger partial charge in [-0.25, -0.2) is 4.39 Å². The first-order chi connectivity index (χ1) is 5.15. The summed E-state index contributed by atoms with van der Waals surface area (Å²) in [6.07, 6.45) is 0. The van der Waals surface area contributed by atoms with E-state index in [-0.39, 0.29) is 5.82 Å². The number of hydrogen-bond acceptors (Lipinski definition) is 2. The summed E-state index contributed by atoms with van der Waals surface area (Å²) >= 11 is 1.95. The van der Waals surface area contributed by atoms with Gasteiger partial charge in [0, 0.05) is 9.64 Å². The summed E-state index contributed by atoms with van der Waals surface area (Å²) in [5.74, 6) is 0.0508. The highest BCUT2D eigenvalue weighted by atomic mass is 127. The van der Waals surface area contributed by atoms with Gasteiger partial charge in [0.2, 0.25) is 0 Å². The molecule has 0 bridgehead atoms. The molecule has 0 saturated heterocycles. The quantitative estimate of drug-likeness (QED) is 0.624. The fraction of sp³-hybridized carbons (Fsp3) is 0.143. The second-order valence-electron chi connectivity index (χ2n) is 2.00. The summed E-state index contributed by atoms with van der Waals surface area (Å²) < 4.78 is 18.2. The van der Waals surface area contributed by atoms with E-state index >= 15 is 0 Å². The first-order valence-electron chi connectivity index (χ1n) is 2.93. The highest BCUT2D eigenvalue weighted by Crippen LogP contribution is 2.27. The van der Waals surface area contributed by atoms with Gasteiger partial charge in [-0.05, 0) is 28.7 Å². The van der Waals surface area contributed by atoms with Crippen LogP contribution in [0.2, 0.25) is 0 Å². The van der Waals surface area contributed by atoms with Crippen molar-refractivity contribution in [3.8, 4) is 5.75 Å². The third kappa shape index (κ3) is 1.74. The molecule has 11 heavy (non-hydrogen) atoms. The average molecular weight is 267 g/mol. The number of ether oxygens (including phenoxy) is 1. The molecule has 0 atom stereocenters. The Balaban J connectivity index is 3.24. The van der Waals surface area contributed by atoms with Crippen LogP contribution < -0.4 is 10.5 Å². The molecule has 0 aromatic heterocycles. The van der Waals surface area contributed by atoms with Crippen LogP contribution >= 0.6 is 22.6 Å². The molecule has 2 nitrogen and oxygen atoms in total. The Morgan fingerprint density at radius 3 is 2.73 bits per heavy atom. The van der Waals surface area contributed by atoms with Crippen LogP contribution in [0, 0.1) is 9.39 Å². The highest BCUT2D eigenvalue weighted by molar-refractivity contribution is 14.1. The lowest BCUT2D eigenvalue weighted by Gasteiger charge is -2.05. The van der Waals surface area contributed by atoms with E-state index in [0.717, 1.165) is 0 Å². The molecule has 2 N–H and O–H groups in total. The molecule has 0 unspecified atom stereocenters. The minimum Gasteiger partial charge on any atom is -0.494 e. The monoisotopic (exact) mass is 267 g/mol. The summed E-state index contributed by atoms with van der Waals surface area (Å²) in [7, 11) is 1.46. The van der Waals surface area contributed by atoms with Crippen molar-refractivity contribution in [2.24, 2.45) is 0 Å². The van der Waals surface area contributed by atoms with E-state index in [1.165, 1.54) is 19.2 Å². The summed E-state index contributed by atoms with van der Waals surface area (Å²) in [4.78, 5) is 0. The Bertz CT molecular complexity index is 277. The van der Waals surface area contributed by atoms with E-state index in [4.69, 9.17) is 10.5 Å². The maximum absolute atomic E-state index is 12.7. The number of rotatable bonds is 1. The van der Waals surface area contributed by atoms with Crippen molar-refractivity contribution in [1.29, 1.82) is 0 Å². The molecule has 1 aromatic carbocycles. The maximum Gasteiger partial charge on any atom is 0.145 e. The van der Waals surface area contributed by atoms with Crippen molar-refractivity contribution in [3.05, 3.63) is 21.5 Å². The second-order valence-corrected chi connectivity index (χ2v) is 3.17. The second kappa shape index (κ2) is 3.25. The first-order valence-corrected chi connectivity index (χ1v) is 4.01. The van der Waals surface area contributed by atoms with Crippen LogP contribution in [0.15, 0.2) is 12.1 Å². The third-order valence-electron chi connectivity index (χ3n) is 1.28. The molecule has 0 aliphatic heterocycles. The van der Waals surface area contributed by atoms with E-state index in [2.05, 4.69) is 0 Å². The van der Waals surface area contributed by atoms with Gasteiger partial charge in [0.05, 0.1) is 12.8 Å². The lowest BCUT2D eigenvalue weighted by Crippen LogP contribution is -1.95. The molecule has 0 aliphatic carbocycles. The molecule has 0 amide bonds. The normalized spacial score (nSPS) is 9.73. The van der Waals surface area contributed by atoms with Crippen molar-refractivity contribution in [3.63, 3.8) is 0 Å². The zero-order chi connectivity index (χ0) is 8.43. The number of nitrogens with two attached hydrogens (primary N) is 1. The molecule has 1 aromatic rings. The lowest BCUT2D eigenvalue weighted by molar-refractivity contribution is 0.413. The largest absolute Gasteiger partial charge is 0.494 e. The van der Waals surface area contributed by atoms with Gasteiger partial charge in [-0.15, -0.1) is 0 Å². The van der Waals surface area contributed by atoms with E-state index < -0.39 is 0 Å². The number of benzene rings is 1. The van der Waals surface area contributed by atoms with Crippen molar-refractivity contribution >= 4 is 28.3 Å². The van der Waals surface area contributed by atoms with E-state index in [1.807, 2.05) is 22.6 Å². The SMILES string of the molecule is COc1cc(F)cc(I)c1N. The van der Waals surface area contributed by atoms with Gasteiger partial charge >= 0.3 is 0 Å². The molecular formula is C7H7FINO. The van der Waals surface area contributed by atoms with Crippen LogP contribution in [0.5, 0.6) is 5.75 Å². The predicted molar refractivity (Wildman–Crippen MR) is 50.1 cm³/mol. The molecular weight excluding hydrogens is 260 g/mol. The maximum atomic E-state index is 12.7. The molecule has 1 rings (SSSR count). The molecule has 0 saturated carbocycles. The standard InChI is InChI=1S/C7H7FINO/c1-11-6-3-4(8)2-5(9)7(6)10/h2-3H,10H2,1H3. The molecule has 60 valence electrons. The molecule has 0 aliphatic rings. The number of hydrogen-bond donors (Lipinski definition) is 1. The first kappa shape index (κ1) is 8.58. The fourth-order valence-corrected chi connectivity index (χ4v) is 1.29. The fourth-order valence-electron chi connectivity index (χ4n) is 0.730. The minimum absolute atomic E-state index is 0.333. The van der Waals surface area contributed by atoms with Crippen LogP contribution in [-0.2, 0) is 0 Å². The Hall–Kier alpha value is -0.520. The Labute approximate surface area is 77.7 Å². The lowest BCUT2D eigenvalue weighted by atomic mass is 10.3. The summed E-state index contributed by atoms with van der Waals surface area (Å²) in [5, 5.41) is 0. The number of nitrogen functional groups attached to an aromatic ring is 1. The number of halogens is 2. The zero-order valence-corrected chi connectivity index (χ0v) is 8.05. The van der Waals surface area contributed by atoms with Crippen molar-refractivity contribution in [2.75, 3.05) is 12.8 Å². The highest BCUT2D eigenvalue weighted by Gasteiger charge is 2.05. The number of methoxy groups -OCH3 is 1. The van der Waals surface area contributed by atoms with Crippen LogP contribution in [0.3, 0.4) is 0 Å². The van der Waals surface area contributed by atoms with Gasteiger partial charge < -0.3 is 10.5 Å². The third-order valence-corrected chi connectivity index (χ3v) is 2.17. The molecule has 0 heterocycles.